The average molecular weight is 415 g/mol. The number of aromatic nitrogens is 1. The number of rotatable bonds is 4. The number of carbonyl (C=O) groups excluding carboxylic acids is 1. The Morgan fingerprint density at radius 2 is 1.86 bits per heavy atom. The summed E-state index contributed by atoms with van der Waals surface area (Å²) in [4.78, 5) is 32.9. The lowest BCUT2D eigenvalue weighted by atomic mass is 10.1. The van der Waals surface area contributed by atoms with Gasteiger partial charge in [-0.3, -0.25) is 14.9 Å². The van der Waals surface area contributed by atoms with Crippen LogP contribution in [0, 0.1) is 10.1 Å². The quantitative estimate of drug-likeness (QED) is 0.366. The molecule has 3 aromatic rings. The van der Waals surface area contributed by atoms with Crippen molar-refractivity contribution in [2.45, 2.75) is 4.90 Å². The summed E-state index contributed by atoms with van der Waals surface area (Å²) in [6.45, 7) is 2.63. The van der Waals surface area contributed by atoms with Gasteiger partial charge in [-0.1, -0.05) is 11.3 Å². The lowest BCUT2D eigenvalue weighted by Crippen LogP contribution is -2.48. The van der Waals surface area contributed by atoms with Gasteiger partial charge in [0, 0.05) is 48.8 Å². The number of hydrogen-bond donors (Lipinski definition) is 0. The van der Waals surface area contributed by atoms with Crippen LogP contribution in [0.2, 0.25) is 0 Å². The first kappa shape index (κ1) is 18.7. The number of nitrogens with zero attached hydrogens (tertiary/aromatic N) is 4. The van der Waals surface area contributed by atoms with Crippen LogP contribution in [-0.2, 0) is 0 Å². The number of piperazine rings is 1. The van der Waals surface area contributed by atoms with Crippen molar-refractivity contribution in [1.29, 1.82) is 0 Å². The van der Waals surface area contributed by atoms with E-state index in [9.17, 15) is 14.9 Å². The molecule has 2 aromatic carbocycles. The smallest absolute Gasteiger partial charge is 0.269 e. The number of thiazole rings is 1. The van der Waals surface area contributed by atoms with E-state index in [1.54, 1.807) is 28.0 Å². The van der Waals surface area contributed by atoms with Gasteiger partial charge in [-0.2, -0.15) is 0 Å². The fraction of sp³-hybridized carbons (Fsp3) is 0.263. The van der Waals surface area contributed by atoms with Gasteiger partial charge in [-0.05, 0) is 36.6 Å². The predicted molar refractivity (Wildman–Crippen MR) is 113 cm³/mol. The molecule has 1 amide bonds. The summed E-state index contributed by atoms with van der Waals surface area (Å²) in [5, 5.41) is 11.7. The number of benzene rings is 2. The van der Waals surface area contributed by atoms with E-state index in [-0.39, 0.29) is 11.6 Å². The molecule has 2 heterocycles. The Hall–Kier alpha value is -2.65. The molecule has 28 heavy (non-hydrogen) atoms. The Morgan fingerprint density at radius 1 is 1.14 bits per heavy atom. The molecule has 0 unspecified atom stereocenters. The molecule has 1 saturated heterocycles. The monoisotopic (exact) mass is 414 g/mol. The molecule has 4 rings (SSSR count). The highest BCUT2D eigenvalue weighted by Gasteiger charge is 2.24. The summed E-state index contributed by atoms with van der Waals surface area (Å²) in [6, 6.07) is 12.1. The first-order valence-electron chi connectivity index (χ1n) is 8.78. The molecule has 0 radical (unpaired) electrons. The third-order valence-corrected chi connectivity index (χ3v) is 6.55. The summed E-state index contributed by atoms with van der Waals surface area (Å²) >= 11 is 3.39. The highest BCUT2D eigenvalue weighted by Crippen LogP contribution is 2.32. The summed E-state index contributed by atoms with van der Waals surface area (Å²) in [5.41, 5.74) is 1.47. The van der Waals surface area contributed by atoms with Crippen molar-refractivity contribution in [1.82, 2.24) is 9.88 Å². The highest BCUT2D eigenvalue weighted by atomic mass is 32.2. The van der Waals surface area contributed by atoms with Crippen LogP contribution in [0.4, 0.5) is 10.8 Å². The third kappa shape index (κ3) is 3.67. The molecular weight excluding hydrogens is 396 g/mol. The van der Waals surface area contributed by atoms with Gasteiger partial charge in [0.05, 0.1) is 15.1 Å². The Kier molecular flexibility index (Phi) is 5.19. The molecule has 1 aliphatic rings. The number of nitro benzene ring substituents is 1. The number of fused-ring (bicyclic) bond motifs is 1. The standard InChI is InChI=1S/C19H18N4O3S2/c1-27-15-6-7-16-17(12-15)28-19(20-16)22-10-8-21(9-11-22)18(24)13-2-4-14(5-3-13)23(25)26/h2-7,12H,8-11H2,1H3. The van der Waals surface area contributed by atoms with E-state index in [1.807, 2.05) is 0 Å². The van der Waals surface area contributed by atoms with Crippen molar-refractivity contribution in [2.75, 3.05) is 37.3 Å². The lowest BCUT2D eigenvalue weighted by molar-refractivity contribution is -0.384. The Bertz CT molecular complexity index is 1030. The Labute approximate surface area is 170 Å². The van der Waals surface area contributed by atoms with Crippen molar-refractivity contribution >= 4 is 50.0 Å². The number of thioether (sulfide) groups is 1. The predicted octanol–water partition coefficient (Wildman–Crippen LogP) is 3.89. The summed E-state index contributed by atoms with van der Waals surface area (Å²) in [6.07, 6.45) is 2.06. The lowest BCUT2D eigenvalue weighted by Gasteiger charge is -2.34. The zero-order valence-electron chi connectivity index (χ0n) is 15.2. The SMILES string of the molecule is CSc1ccc2nc(N3CCN(C(=O)c4ccc([N+](=O)[O-])cc4)CC3)sc2c1. The van der Waals surface area contributed by atoms with Crippen molar-refractivity contribution < 1.29 is 9.72 Å². The highest BCUT2D eigenvalue weighted by molar-refractivity contribution is 7.98. The minimum Gasteiger partial charge on any atom is -0.345 e. The first-order valence-corrected chi connectivity index (χ1v) is 10.8. The first-order chi connectivity index (χ1) is 13.5. The van der Waals surface area contributed by atoms with Gasteiger partial charge in [0.1, 0.15) is 0 Å². The van der Waals surface area contributed by atoms with E-state index in [0.29, 0.717) is 31.7 Å². The molecule has 1 fully saturated rings. The molecule has 0 N–H and O–H groups in total. The molecule has 144 valence electrons. The fourth-order valence-corrected chi connectivity index (χ4v) is 4.74. The zero-order valence-corrected chi connectivity index (χ0v) is 16.8. The second-order valence-electron chi connectivity index (χ2n) is 6.41. The third-order valence-electron chi connectivity index (χ3n) is 4.75. The van der Waals surface area contributed by atoms with Crippen LogP contribution < -0.4 is 4.90 Å². The van der Waals surface area contributed by atoms with Gasteiger partial charge in [0.25, 0.3) is 11.6 Å². The van der Waals surface area contributed by atoms with Crippen LogP contribution in [0.1, 0.15) is 10.4 Å². The Balaban J connectivity index is 1.42. The molecule has 0 spiro atoms. The van der Waals surface area contributed by atoms with Crippen molar-refractivity contribution in [3.8, 4) is 0 Å². The number of carbonyl (C=O) groups is 1. The van der Waals surface area contributed by atoms with Crippen LogP contribution >= 0.6 is 23.1 Å². The van der Waals surface area contributed by atoms with Crippen LogP contribution in [-0.4, -0.2) is 53.1 Å². The minimum atomic E-state index is -0.465. The number of non-ortho nitro benzene ring substituents is 1. The largest absolute Gasteiger partial charge is 0.345 e. The summed E-state index contributed by atoms with van der Waals surface area (Å²) in [7, 11) is 0. The van der Waals surface area contributed by atoms with Crippen LogP contribution in [0.5, 0.6) is 0 Å². The van der Waals surface area contributed by atoms with E-state index < -0.39 is 4.92 Å². The van der Waals surface area contributed by atoms with E-state index in [2.05, 4.69) is 29.4 Å². The molecular formula is C19H18N4O3S2. The summed E-state index contributed by atoms with van der Waals surface area (Å²) < 4.78 is 1.17. The van der Waals surface area contributed by atoms with Gasteiger partial charge < -0.3 is 9.80 Å². The number of amides is 1. The topological polar surface area (TPSA) is 79.6 Å². The van der Waals surface area contributed by atoms with E-state index in [1.165, 1.54) is 33.9 Å². The maximum Gasteiger partial charge on any atom is 0.269 e. The van der Waals surface area contributed by atoms with E-state index >= 15 is 0 Å². The number of hydrogen-bond acceptors (Lipinski definition) is 7. The number of anilines is 1. The van der Waals surface area contributed by atoms with Crippen LogP contribution in [0.25, 0.3) is 10.2 Å². The van der Waals surface area contributed by atoms with Gasteiger partial charge in [-0.15, -0.1) is 11.8 Å². The molecule has 1 aliphatic heterocycles. The molecule has 0 saturated carbocycles. The number of nitro groups is 1. The molecule has 0 atom stereocenters. The Morgan fingerprint density at radius 3 is 2.50 bits per heavy atom. The molecule has 0 aliphatic carbocycles. The normalized spacial score (nSPS) is 14.5. The fourth-order valence-electron chi connectivity index (χ4n) is 3.16. The molecule has 0 bridgehead atoms. The minimum absolute atomic E-state index is 0.0122. The van der Waals surface area contributed by atoms with Gasteiger partial charge in [0.15, 0.2) is 5.13 Å². The maximum atomic E-state index is 12.7. The zero-order chi connectivity index (χ0) is 19.7. The van der Waals surface area contributed by atoms with Crippen molar-refractivity contribution in [3.05, 3.63) is 58.1 Å². The maximum absolute atomic E-state index is 12.7. The molecule has 7 nitrogen and oxygen atoms in total. The van der Waals surface area contributed by atoms with Crippen molar-refractivity contribution in [3.63, 3.8) is 0 Å². The molecule has 9 heteroatoms. The molecule has 1 aromatic heterocycles. The van der Waals surface area contributed by atoms with Crippen LogP contribution in [0.3, 0.4) is 0 Å². The average Bonchev–Trinajstić information content (AvgIpc) is 3.16. The summed E-state index contributed by atoms with van der Waals surface area (Å²) in [5.74, 6) is -0.0940. The van der Waals surface area contributed by atoms with Gasteiger partial charge >= 0.3 is 0 Å². The second-order valence-corrected chi connectivity index (χ2v) is 8.30. The van der Waals surface area contributed by atoms with E-state index in [0.717, 1.165) is 10.6 Å². The van der Waals surface area contributed by atoms with Crippen LogP contribution in [0.15, 0.2) is 47.4 Å². The van der Waals surface area contributed by atoms with Crippen molar-refractivity contribution in [2.24, 2.45) is 0 Å². The van der Waals surface area contributed by atoms with E-state index in [4.69, 9.17) is 4.98 Å². The van der Waals surface area contributed by atoms with Gasteiger partial charge in [-0.25, -0.2) is 4.98 Å². The second kappa shape index (κ2) is 7.76. The van der Waals surface area contributed by atoms with Gasteiger partial charge in [0.2, 0.25) is 0 Å².